The summed E-state index contributed by atoms with van der Waals surface area (Å²) in [5, 5.41) is 7.23. The molecule has 0 saturated heterocycles. The first-order chi connectivity index (χ1) is 13.6. The fourth-order valence-electron chi connectivity index (χ4n) is 2.89. The van der Waals surface area contributed by atoms with E-state index in [-0.39, 0.29) is 12.0 Å². The highest BCUT2D eigenvalue weighted by Gasteiger charge is 2.13. The summed E-state index contributed by atoms with van der Waals surface area (Å²) < 4.78 is 12.9. The van der Waals surface area contributed by atoms with Crippen molar-refractivity contribution in [3.05, 3.63) is 77.6 Å². The highest BCUT2D eigenvalue weighted by molar-refractivity contribution is 5.94. The molecule has 0 aliphatic rings. The number of hydrogen-bond acceptors (Lipinski definition) is 4. The van der Waals surface area contributed by atoms with E-state index in [0.29, 0.717) is 30.2 Å². The minimum atomic E-state index is -0.164. The molecule has 3 rings (SSSR count). The van der Waals surface area contributed by atoms with Gasteiger partial charge in [0.15, 0.2) is 11.5 Å². The summed E-state index contributed by atoms with van der Waals surface area (Å²) in [4.78, 5) is 12.6. The highest BCUT2D eigenvalue weighted by atomic mass is 16.5. The molecular weight excluding hydrogens is 354 g/mol. The van der Waals surface area contributed by atoms with E-state index in [1.54, 1.807) is 31.5 Å². The van der Waals surface area contributed by atoms with Gasteiger partial charge in [-0.3, -0.25) is 9.48 Å². The van der Waals surface area contributed by atoms with E-state index in [1.807, 2.05) is 55.1 Å². The Balaban J connectivity index is 1.69. The van der Waals surface area contributed by atoms with Crippen molar-refractivity contribution < 1.29 is 14.3 Å². The highest BCUT2D eigenvalue weighted by Crippen LogP contribution is 2.29. The van der Waals surface area contributed by atoms with Gasteiger partial charge in [0.25, 0.3) is 5.91 Å². The predicted molar refractivity (Wildman–Crippen MR) is 108 cm³/mol. The van der Waals surface area contributed by atoms with Gasteiger partial charge in [0.05, 0.1) is 19.8 Å². The van der Waals surface area contributed by atoms with Crippen LogP contribution in [0.15, 0.2) is 60.9 Å². The van der Waals surface area contributed by atoms with Crippen LogP contribution in [0.2, 0.25) is 0 Å². The minimum Gasteiger partial charge on any atom is -0.493 e. The lowest BCUT2D eigenvalue weighted by Crippen LogP contribution is -2.23. The number of nitrogens with one attached hydrogen (secondary N) is 1. The molecule has 0 saturated carbocycles. The molecule has 0 radical (unpaired) electrons. The Kier molecular flexibility index (Phi) is 6.32. The van der Waals surface area contributed by atoms with Gasteiger partial charge in [-0.2, -0.15) is 5.10 Å². The Bertz CT molecular complexity index is 921. The summed E-state index contributed by atoms with van der Waals surface area (Å²) in [6, 6.07) is 15.1. The van der Waals surface area contributed by atoms with E-state index < -0.39 is 0 Å². The first-order valence-electron chi connectivity index (χ1n) is 9.24. The summed E-state index contributed by atoms with van der Waals surface area (Å²) >= 11 is 0. The summed E-state index contributed by atoms with van der Waals surface area (Å²) in [6.07, 6.45) is 3.70. The summed E-state index contributed by atoms with van der Waals surface area (Å²) in [5.41, 5.74) is 2.69. The second-order valence-electron chi connectivity index (χ2n) is 6.69. The molecule has 0 aliphatic carbocycles. The van der Waals surface area contributed by atoms with E-state index in [4.69, 9.17) is 9.47 Å². The third kappa shape index (κ3) is 4.91. The Labute approximate surface area is 165 Å². The molecule has 28 heavy (non-hydrogen) atoms. The molecule has 1 aromatic heterocycles. The smallest absolute Gasteiger partial charge is 0.251 e. The monoisotopic (exact) mass is 379 g/mol. The third-order valence-electron chi connectivity index (χ3n) is 4.24. The molecule has 1 N–H and O–H groups in total. The maximum absolute atomic E-state index is 12.6. The van der Waals surface area contributed by atoms with Crippen molar-refractivity contribution >= 4 is 5.91 Å². The lowest BCUT2D eigenvalue weighted by atomic mass is 10.1. The van der Waals surface area contributed by atoms with Crippen molar-refractivity contribution in [1.29, 1.82) is 0 Å². The summed E-state index contributed by atoms with van der Waals surface area (Å²) in [6.45, 7) is 4.98. The second kappa shape index (κ2) is 9.08. The number of benzene rings is 2. The first-order valence-corrected chi connectivity index (χ1v) is 9.24. The van der Waals surface area contributed by atoms with Crippen molar-refractivity contribution in [2.24, 2.45) is 0 Å². The molecule has 1 heterocycles. The number of carbonyl (C=O) groups is 1. The fourth-order valence-corrected chi connectivity index (χ4v) is 2.89. The van der Waals surface area contributed by atoms with E-state index in [1.165, 1.54) is 0 Å². The average Bonchev–Trinajstić information content (AvgIpc) is 3.20. The zero-order valence-corrected chi connectivity index (χ0v) is 16.4. The Morgan fingerprint density at radius 1 is 1.11 bits per heavy atom. The van der Waals surface area contributed by atoms with Crippen LogP contribution in [0, 0.1) is 0 Å². The van der Waals surface area contributed by atoms with Gasteiger partial charge >= 0.3 is 0 Å². The number of ether oxygens (including phenoxy) is 2. The molecular formula is C22H25N3O3. The van der Waals surface area contributed by atoms with Gasteiger partial charge in [-0.1, -0.05) is 24.3 Å². The number of amides is 1. The van der Waals surface area contributed by atoms with Crippen molar-refractivity contribution in [2.45, 2.75) is 33.0 Å². The van der Waals surface area contributed by atoms with Crippen LogP contribution < -0.4 is 14.8 Å². The number of carbonyl (C=O) groups excluding carboxylic acids is 1. The van der Waals surface area contributed by atoms with E-state index >= 15 is 0 Å². The molecule has 6 nitrogen and oxygen atoms in total. The van der Waals surface area contributed by atoms with Crippen molar-refractivity contribution in [3.63, 3.8) is 0 Å². The molecule has 3 aromatic rings. The van der Waals surface area contributed by atoms with Gasteiger partial charge in [0, 0.05) is 24.5 Å². The molecule has 0 unspecified atom stereocenters. The maximum atomic E-state index is 12.6. The second-order valence-corrected chi connectivity index (χ2v) is 6.69. The normalized spacial score (nSPS) is 10.7. The zero-order valence-electron chi connectivity index (χ0n) is 16.4. The van der Waals surface area contributed by atoms with Crippen molar-refractivity contribution in [2.75, 3.05) is 7.11 Å². The van der Waals surface area contributed by atoms with Crippen LogP contribution in [0.4, 0.5) is 0 Å². The minimum absolute atomic E-state index is 0.0277. The van der Waals surface area contributed by atoms with Crippen molar-refractivity contribution in [3.8, 4) is 11.5 Å². The number of hydrogen-bond donors (Lipinski definition) is 1. The standard InChI is InChI=1S/C22H25N3O3/c1-16(2)28-20-10-9-17(13-21(20)27-3)22(26)23-14-18-7-4-5-8-19(18)15-25-12-6-11-24-25/h4-13,16H,14-15H2,1-3H3,(H,23,26). The predicted octanol–water partition coefficient (Wildman–Crippen LogP) is 3.66. The molecule has 2 aromatic carbocycles. The quantitative estimate of drug-likeness (QED) is 0.649. The number of aromatic nitrogens is 2. The Morgan fingerprint density at radius 3 is 2.57 bits per heavy atom. The van der Waals surface area contributed by atoms with E-state index in [0.717, 1.165) is 11.1 Å². The zero-order chi connectivity index (χ0) is 19.9. The van der Waals surface area contributed by atoms with Crippen LogP contribution in [0.1, 0.15) is 35.3 Å². The largest absolute Gasteiger partial charge is 0.493 e. The SMILES string of the molecule is COc1cc(C(=O)NCc2ccccc2Cn2cccn2)ccc1OC(C)C. The summed E-state index contributed by atoms with van der Waals surface area (Å²) in [5.74, 6) is 1.00. The van der Waals surface area contributed by atoms with Crippen LogP contribution in [-0.2, 0) is 13.1 Å². The molecule has 0 spiro atoms. The van der Waals surface area contributed by atoms with Gasteiger partial charge in [-0.05, 0) is 49.2 Å². The lowest BCUT2D eigenvalue weighted by molar-refractivity contribution is 0.0950. The van der Waals surface area contributed by atoms with Gasteiger partial charge in [0.2, 0.25) is 0 Å². The fraction of sp³-hybridized carbons (Fsp3) is 0.273. The number of nitrogens with zero attached hydrogens (tertiary/aromatic N) is 2. The van der Waals surface area contributed by atoms with Crippen LogP contribution in [0.5, 0.6) is 11.5 Å². The van der Waals surface area contributed by atoms with Gasteiger partial charge in [-0.15, -0.1) is 0 Å². The molecule has 0 atom stereocenters. The van der Waals surface area contributed by atoms with Gasteiger partial charge in [0.1, 0.15) is 0 Å². The molecule has 146 valence electrons. The Morgan fingerprint density at radius 2 is 1.89 bits per heavy atom. The first kappa shape index (κ1) is 19.5. The van der Waals surface area contributed by atoms with Crippen molar-refractivity contribution in [1.82, 2.24) is 15.1 Å². The number of methoxy groups -OCH3 is 1. The molecule has 0 bridgehead atoms. The topological polar surface area (TPSA) is 65.4 Å². The van der Waals surface area contributed by atoms with E-state index in [2.05, 4.69) is 10.4 Å². The summed E-state index contributed by atoms with van der Waals surface area (Å²) in [7, 11) is 1.57. The third-order valence-corrected chi connectivity index (χ3v) is 4.24. The number of rotatable bonds is 8. The van der Waals surface area contributed by atoms with Gasteiger partial charge in [-0.25, -0.2) is 0 Å². The van der Waals surface area contributed by atoms with Crippen LogP contribution in [-0.4, -0.2) is 28.9 Å². The average molecular weight is 379 g/mol. The lowest BCUT2D eigenvalue weighted by Gasteiger charge is -2.15. The van der Waals surface area contributed by atoms with Gasteiger partial charge < -0.3 is 14.8 Å². The van der Waals surface area contributed by atoms with Crippen LogP contribution in [0.3, 0.4) is 0 Å². The molecule has 0 fully saturated rings. The van der Waals surface area contributed by atoms with Crippen LogP contribution in [0.25, 0.3) is 0 Å². The molecule has 6 heteroatoms. The van der Waals surface area contributed by atoms with Crippen LogP contribution >= 0.6 is 0 Å². The molecule has 0 aliphatic heterocycles. The van der Waals surface area contributed by atoms with E-state index in [9.17, 15) is 4.79 Å². The Hall–Kier alpha value is -3.28. The maximum Gasteiger partial charge on any atom is 0.251 e. The molecule has 1 amide bonds.